The van der Waals surface area contributed by atoms with Gasteiger partial charge in [-0.15, -0.1) is 0 Å². The number of halogens is 3. The highest BCUT2D eigenvalue weighted by Crippen LogP contribution is 2.37. The summed E-state index contributed by atoms with van der Waals surface area (Å²) >= 11 is 0. The van der Waals surface area contributed by atoms with Crippen molar-refractivity contribution < 1.29 is 32.5 Å². The second-order valence-corrected chi connectivity index (χ2v) is 6.76. The Labute approximate surface area is 169 Å². The first kappa shape index (κ1) is 21.6. The van der Waals surface area contributed by atoms with Crippen molar-refractivity contribution in [2.75, 3.05) is 31.8 Å². The maximum Gasteiger partial charge on any atom is 0.423 e. The zero-order valence-corrected chi connectivity index (χ0v) is 16.1. The number of aliphatic carboxylic acids is 1. The van der Waals surface area contributed by atoms with Crippen LogP contribution in [0.5, 0.6) is 5.75 Å². The zero-order chi connectivity index (χ0) is 21.9. The van der Waals surface area contributed by atoms with E-state index in [4.69, 9.17) is 14.6 Å². The smallest absolute Gasteiger partial charge is 0.423 e. The van der Waals surface area contributed by atoms with Crippen LogP contribution in [0, 0.1) is 0 Å². The lowest BCUT2D eigenvalue weighted by Crippen LogP contribution is -2.52. The molecule has 0 radical (unpaired) electrons. The second-order valence-electron chi connectivity index (χ2n) is 6.76. The van der Waals surface area contributed by atoms with Crippen LogP contribution in [0.4, 0.5) is 18.9 Å². The summed E-state index contributed by atoms with van der Waals surface area (Å²) in [6.07, 6.45) is -3.33. The third-order valence-corrected chi connectivity index (χ3v) is 4.79. The minimum atomic E-state index is -4.88. The number of alkyl halides is 3. The first-order chi connectivity index (χ1) is 14.2. The molecule has 0 aliphatic carbocycles. The van der Waals surface area contributed by atoms with Crippen LogP contribution in [0.15, 0.2) is 35.3 Å². The largest absolute Gasteiger partial charge is 0.497 e. The maximum absolute atomic E-state index is 13.7. The Bertz CT molecular complexity index is 959. The predicted octanol–water partition coefficient (Wildman–Crippen LogP) is 2.00. The first-order valence-corrected chi connectivity index (χ1v) is 9.07. The van der Waals surface area contributed by atoms with Crippen molar-refractivity contribution in [1.82, 2.24) is 9.78 Å². The standard InChI is InChI=1S/C19H20F3N3O5/c1-29-14-4-2-12(3-5-14)9-25-18(28)17(19(20,21)22)15(8-23-25)24-7-6-13(24)10-30-11-16(26)27/h2-5,8,13H,6-7,9-11H2,1H3,(H,26,27). The highest BCUT2D eigenvalue weighted by molar-refractivity contribution is 5.68. The van der Waals surface area contributed by atoms with Gasteiger partial charge in [-0.05, 0) is 24.1 Å². The molecule has 1 fully saturated rings. The van der Waals surface area contributed by atoms with Crippen LogP contribution >= 0.6 is 0 Å². The lowest BCUT2D eigenvalue weighted by Gasteiger charge is -2.43. The third kappa shape index (κ3) is 4.73. The summed E-state index contributed by atoms with van der Waals surface area (Å²) in [5, 5.41) is 12.6. The molecule has 1 aliphatic heterocycles. The molecule has 0 amide bonds. The van der Waals surface area contributed by atoms with E-state index in [1.165, 1.54) is 12.0 Å². The van der Waals surface area contributed by atoms with Gasteiger partial charge in [-0.1, -0.05) is 12.1 Å². The van der Waals surface area contributed by atoms with Crippen LogP contribution < -0.4 is 15.2 Å². The van der Waals surface area contributed by atoms with E-state index in [9.17, 15) is 22.8 Å². The van der Waals surface area contributed by atoms with Crippen LogP contribution in [-0.2, 0) is 22.3 Å². The first-order valence-electron chi connectivity index (χ1n) is 9.07. The van der Waals surface area contributed by atoms with E-state index in [1.54, 1.807) is 24.3 Å². The van der Waals surface area contributed by atoms with Crippen molar-refractivity contribution in [1.29, 1.82) is 0 Å². The molecule has 1 aromatic heterocycles. The van der Waals surface area contributed by atoms with Crippen LogP contribution in [0.1, 0.15) is 17.5 Å². The summed E-state index contributed by atoms with van der Waals surface area (Å²) in [6, 6.07) is 6.10. The van der Waals surface area contributed by atoms with Crippen LogP contribution in [-0.4, -0.2) is 53.8 Å². The van der Waals surface area contributed by atoms with E-state index in [-0.39, 0.29) is 25.4 Å². The average Bonchev–Trinajstić information content (AvgIpc) is 2.66. The summed E-state index contributed by atoms with van der Waals surface area (Å²) in [6.45, 7) is -0.443. The Balaban J connectivity index is 1.87. The fraction of sp³-hybridized carbons (Fsp3) is 0.421. The van der Waals surface area contributed by atoms with Crippen molar-refractivity contribution in [3.63, 3.8) is 0 Å². The van der Waals surface area contributed by atoms with Crippen LogP contribution in [0.3, 0.4) is 0 Å². The molecule has 0 bridgehead atoms. The number of aromatic nitrogens is 2. The number of carboxylic acids is 1. The minimum absolute atomic E-state index is 0.0570. The molecular weight excluding hydrogens is 407 g/mol. The van der Waals surface area contributed by atoms with Crippen molar-refractivity contribution in [3.8, 4) is 5.75 Å². The normalized spacial score (nSPS) is 16.3. The maximum atomic E-state index is 13.7. The number of nitrogens with zero attached hydrogens (tertiary/aromatic N) is 3. The fourth-order valence-electron chi connectivity index (χ4n) is 3.19. The Morgan fingerprint density at radius 2 is 2.00 bits per heavy atom. The fourth-order valence-corrected chi connectivity index (χ4v) is 3.19. The minimum Gasteiger partial charge on any atom is -0.497 e. The van der Waals surface area contributed by atoms with E-state index in [1.807, 2.05) is 0 Å². The highest BCUT2D eigenvalue weighted by atomic mass is 19.4. The van der Waals surface area contributed by atoms with E-state index >= 15 is 0 Å². The number of ether oxygens (including phenoxy) is 2. The molecule has 1 aliphatic rings. The zero-order valence-electron chi connectivity index (χ0n) is 16.1. The Morgan fingerprint density at radius 1 is 1.30 bits per heavy atom. The Hall–Kier alpha value is -3.08. The second kappa shape index (κ2) is 8.74. The van der Waals surface area contributed by atoms with Gasteiger partial charge in [0, 0.05) is 6.54 Å². The number of anilines is 1. The SMILES string of the molecule is COc1ccc(Cn2ncc(N3CCC3COCC(=O)O)c(C(F)(F)F)c2=O)cc1. The summed E-state index contributed by atoms with van der Waals surface area (Å²) in [7, 11) is 1.49. The van der Waals surface area contributed by atoms with Gasteiger partial charge in [-0.25, -0.2) is 9.48 Å². The summed E-state index contributed by atoms with van der Waals surface area (Å²) in [5.41, 5.74) is -2.27. The van der Waals surface area contributed by atoms with E-state index in [0.29, 0.717) is 17.7 Å². The molecule has 1 unspecified atom stereocenters. The average molecular weight is 427 g/mol. The number of rotatable bonds is 8. The van der Waals surface area contributed by atoms with Gasteiger partial charge in [0.15, 0.2) is 0 Å². The topological polar surface area (TPSA) is 93.9 Å². The lowest BCUT2D eigenvalue weighted by atomic mass is 10.0. The summed E-state index contributed by atoms with van der Waals surface area (Å²) in [4.78, 5) is 24.6. The van der Waals surface area contributed by atoms with Gasteiger partial charge in [0.05, 0.1) is 38.2 Å². The number of hydrogen-bond acceptors (Lipinski definition) is 6. The molecule has 2 aromatic rings. The van der Waals surface area contributed by atoms with Gasteiger partial charge in [-0.2, -0.15) is 18.3 Å². The van der Waals surface area contributed by atoms with Crippen molar-refractivity contribution in [2.24, 2.45) is 0 Å². The lowest BCUT2D eigenvalue weighted by molar-refractivity contribution is -0.142. The quantitative estimate of drug-likeness (QED) is 0.689. The summed E-state index contributed by atoms with van der Waals surface area (Å²) < 4.78 is 52.0. The third-order valence-electron chi connectivity index (χ3n) is 4.79. The van der Waals surface area contributed by atoms with Gasteiger partial charge >= 0.3 is 12.1 Å². The molecule has 1 atom stereocenters. The monoisotopic (exact) mass is 427 g/mol. The van der Waals surface area contributed by atoms with Crippen LogP contribution in [0.2, 0.25) is 0 Å². The Kier molecular flexibility index (Phi) is 6.30. The number of carbonyl (C=O) groups is 1. The molecule has 1 saturated heterocycles. The molecule has 11 heteroatoms. The number of hydrogen-bond donors (Lipinski definition) is 1. The van der Waals surface area contributed by atoms with Gasteiger partial charge in [0.1, 0.15) is 17.9 Å². The molecule has 1 aromatic carbocycles. The predicted molar refractivity (Wildman–Crippen MR) is 99.8 cm³/mol. The Morgan fingerprint density at radius 3 is 2.53 bits per heavy atom. The molecule has 8 nitrogen and oxygen atoms in total. The van der Waals surface area contributed by atoms with Gasteiger partial charge in [0.25, 0.3) is 5.56 Å². The van der Waals surface area contributed by atoms with E-state index in [0.717, 1.165) is 10.9 Å². The molecular formula is C19H20F3N3O5. The molecule has 30 heavy (non-hydrogen) atoms. The molecule has 0 saturated carbocycles. The van der Waals surface area contributed by atoms with Crippen molar-refractivity contribution >= 4 is 11.7 Å². The molecule has 162 valence electrons. The molecule has 3 rings (SSSR count). The van der Waals surface area contributed by atoms with Gasteiger partial charge in [-0.3, -0.25) is 4.79 Å². The molecule has 2 heterocycles. The molecule has 0 spiro atoms. The molecule has 1 N–H and O–H groups in total. The highest BCUT2D eigenvalue weighted by Gasteiger charge is 2.42. The summed E-state index contributed by atoms with van der Waals surface area (Å²) in [5.74, 6) is -0.584. The number of methoxy groups -OCH3 is 1. The van der Waals surface area contributed by atoms with E-state index < -0.39 is 35.9 Å². The van der Waals surface area contributed by atoms with Gasteiger partial charge < -0.3 is 19.5 Å². The van der Waals surface area contributed by atoms with Crippen molar-refractivity contribution in [3.05, 3.63) is 51.9 Å². The van der Waals surface area contributed by atoms with E-state index in [2.05, 4.69) is 5.10 Å². The number of benzene rings is 1. The van der Waals surface area contributed by atoms with Crippen molar-refractivity contribution in [2.45, 2.75) is 25.2 Å². The number of carboxylic acid groups (broad SMARTS) is 1. The van der Waals surface area contributed by atoms with Crippen LogP contribution in [0.25, 0.3) is 0 Å². The van der Waals surface area contributed by atoms with Gasteiger partial charge in [0.2, 0.25) is 0 Å².